The zero-order chi connectivity index (χ0) is 13.6. The molecule has 0 atom stereocenters. The van der Waals surface area contributed by atoms with Crippen molar-refractivity contribution in [3.05, 3.63) is 24.0 Å². The van der Waals surface area contributed by atoms with Gasteiger partial charge in [0.05, 0.1) is 17.4 Å². The van der Waals surface area contributed by atoms with E-state index in [0.717, 1.165) is 12.2 Å². The molecule has 0 radical (unpaired) electrons. The lowest BCUT2D eigenvalue weighted by Gasteiger charge is -2.22. The van der Waals surface area contributed by atoms with Gasteiger partial charge in [-0.1, -0.05) is 0 Å². The molecule has 4 nitrogen and oxygen atoms in total. The number of thioether (sulfide) groups is 1. The van der Waals surface area contributed by atoms with Crippen LogP contribution >= 0.6 is 11.8 Å². The van der Waals surface area contributed by atoms with Crippen molar-refractivity contribution in [2.75, 3.05) is 24.7 Å². The van der Waals surface area contributed by atoms with E-state index in [1.165, 1.54) is 0 Å². The van der Waals surface area contributed by atoms with Crippen LogP contribution in [0.3, 0.4) is 0 Å². The smallest absolute Gasteiger partial charge is 0.253 e. The standard InChI is InChI=1S/C13H21N3OS/c1-5-15-11-8-14-7-6-10(11)12(17)16-9-13(2,3)18-4/h6-8,15H,5,9H2,1-4H3,(H,16,17). The van der Waals surface area contributed by atoms with Crippen LogP contribution in [0.4, 0.5) is 5.69 Å². The largest absolute Gasteiger partial charge is 0.383 e. The molecule has 1 heterocycles. The Balaban J connectivity index is 2.72. The fourth-order valence-corrected chi connectivity index (χ4v) is 1.60. The van der Waals surface area contributed by atoms with Crippen molar-refractivity contribution in [3.63, 3.8) is 0 Å². The molecule has 0 aliphatic rings. The molecule has 0 fully saturated rings. The second-order valence-corrected chi connectivity index (χ2v) is 6.11. The van der Waals surface area contributed by atoms with E-state index in [4.69, 9.17) is 0 Å². The topological polar surface area (TPSA) is 54.0 Å². The third-order valence-electron chi connectivity index (χ3n) is 2.66. The van der Waals surface area contributed by atoms with Gasteiger partial charge in [-0.25, -0.2) is 0 Å². The minimum Gasteiger partial charge on any atom is -0.383 e. The Morgan fingerprint density at radius 1 is 1.50 bits per heavy atom. The van der Waals surface area contributed by atoms with Crippen molar-refractivity contribution in [1.82, 2.24) is 10.3 Å². The first-order valence-corrected chi connectivity index (χ1v) is 7.24. The molecule has 0 bridgehead atoms. The van der Waals surface area contributed by atoms with Crippen molar-refractivity contribution in [2.24, 2.45) is 0 Å². The highest BCUT2D eigenvalue weighted by atomic mass is 32.2. The van der Waals surface area contributed by atoms with Gasteiger partial charge in [0.1, 0.15) is 0 Å². The molecular weight excluding hydrogens is 246 g/mol. The number of carbonyl (C=O) groups is 1. The van der Waals surface area contributed by atoms with Gasteiger partial charge in [0.25, 0.3) is 5.91 Å². The molecule has 0 aliphatic heterocycles. The minimum atomic E-state index is -0.0597. The summed E-state index contributed by atoms with van der Waals surface area (Å²) in [5.74, 6) is -0.0597. The van der Waals surface area contributed by atoms with E-state index in [2.05, 4.69) is 29.5 Å². The third-order valence-corrected chi connectivity index (χ3v) is 3.91. The number of carbonyl (C=O) groups excluding carboxylic acids is 1. The second kappa shape index (κ2) is 6.64. The molecule has 18 heavy (non-hydrogen) atoms. The Hall–Kier alpha value is -1.23. The molecule has 5 heteroatoms. The average Bonchev–Trinajstić information content (AvgIpc) is 2.37. The predicted molar refractivity (Wildman–Crippen MR) is 78.3 cm³/mol. The van der Waals surface area contributed by atoms with Gasteiger partial charge < -0.3 is 10.6 Å². The van der Waals surface area contributed by atoms with E-state index in [0.29, 0.717) is 12.1 Å². The monoisotopic (exact) mass is 267 g/mol. The highest BCUT2D eigenvalue weighted by Crippen LogP contribution is 2.20. The molecule has 0 spiro atoms. The Labute approximate surface area is 113 Å². The summed E-state index contributed by atoms with van der Waals surface area (Å²) in [7, 11) is 0. The summed E-state index contributed by atoms with van der Waals surface area (Å²) in [4.78, 5) is 16.1. The number of rotatable bonds is 6. The average molecular weight is 267 g/mol. The quantitative estimate of drug-likeness (QED) is 0.831. The number of nitrogens with one attached hydrogen (secondary N) is 2. The van der Waals surface area contributed by atoms with Crippen molar-refractivity contribution in [1.29, 1.82) is 0 Å². The first-order valence-electron chi connectivity index (χ1n) is 6.01. The maximum Gasteiger partial charge on any atom is 0.253 e. The molecular formula is C13H21N3OS. The van der Waals surface area contributed by atoms with Gasteiger partial charge in [-0.3, -0.25) is 9.78 Å². The van der Waals surface area contributed by atoms with E-state index in [1.807, 2.05) is 13.2 Å². The SMILES string of the molecule is CCNc1cnccc1C(=O)NCC(C)(C)SC. The third kappa shape index (κ3) is 4.22. The molecule has 0 aliphatic carbocycles. The molecule has 2 N–H and O–H groups in total. The lowest BCUT2D eigenvalue weighted by molar-refractivity contribution is 0.0951. The van der Waals surface area contributed by atoms with E-state index in [-0.39, 0.29) is 10.7 Å². The fraction of sp³-hybridized carbons (Fsp3) is 0.538. The Morgan fingerprint density at radius 2 is 2.22 bits per heavy atom. The molecule has 1 rings (SSSR count). The van der Waals surface area contributed by atoms with Gasteiger partial charge in [0.15, 0.2) is 0 Å². The molecule has 0 unspecified atom stereocenters. The Morgan fingerprint density at radius 3 is 2.83 bits per heavy atom. The van der Waals surface area contributed by atoms with E-state index in [9.17, 15) is 4.79 Å². The molecule has 0 aromatic carbocycles. The maximum absolute atomic E-state index is 12.1. The van der Waals surface area contributed by atoms with Gasteiger partial charge in [-0.05, 0) is 33.1 Å². The summed E-state index contributed by atoms with van der Waals surface area (Å²) in [6, 6.07) is 1.74. The molecule has 100 valence electrons. The predicted octanol–water partition coefficient (Wildman–Crippen LogP) is 2.38. The van der Waals surface area contributed by atoms with Crippen LogP contribution in [0.1, 0.15) is 31.1 Å². The van der Waals surface area contributed by atoms with Gasteiger partial charge in [-0.2, -0.15) is 11.8 Å². The molecule has 1 aromatic rings. The van der Waals surface area contributed by atoms with Crippen LogP contribution in [0.25, 0.3) is 0 Å². The van der Waals surface area contributed by atoms with E-state index >= 15 is 0 Å². The van der Waals surface area contributed by atoms with Crippen LogP contribution < -0.4 is 10.6 Å². The second-order valence-electron chi connectivity index (χ2n) is 4.60. The highest BCUT2D eigenvalue weighted by molar-refractivity contribution is 7.99. The number of anilines is 1. The zero-order valence-electron chi connectivity index (χ0n) is 11.4. The van der Waals surface area contributed by atoms with Gasteiger partial charge >= 0.3 is 0 Å². The van der Waals surface area contributed by atoms with Crippen LogP contribution in [0.2, 0.25) is 0 Å². The Kier molecular flexibility index (Phi) is 5.47. The molecule has 0 saturated carbocycles. The number of nitrogens with zero attached hydrogens (tertiary/aromatic N) is 1. The normalized spacial score (nSPS) is 11.1. The summed E-state index contributed by atoms with van der Waals surface area (Å²) in [5.41, 5.74) is 1.42. The van der Waals surface area contributed by atoms with Gasteiger partial charge in [0, 0.05) is 24.0 Å². The molecule has 0 saturated heterocycles. The number of amides is 1. The first kappa shape index (κ1) is 14.8. The van der Waals surface area contributed by atoms with E-state index in [1.54, 1.807) is 30.2 Å². The van der Waals surface area contributed by atoms with Crippen LogP contribution in [0, 0.1) is 0 Å². The number of hydrogen-bond donors (Lipinski definition) is 2. The van der Waals surface area contributed by atoms with Crippen molar-refractivity contribution in [3.8, 4) is 0 Å². The maximum atomic E-state index is 12.1. The summed E-state index contributed by atoms with van der Waals surface area (Å²) in [5, 5.41) is 6.10. The summed E-state index contributed by atoms with van der Waals surface area (Å²) < 4.78 is 0.0427. The first-order chi connectivity index (χ1) is 8.50. The van der Waals surface area contributed by atoms with Crippen LogP contribution in [-0.4, -0.2) is 35.0 Å². The highest BCUT2D eigenvalue weighted by Gasteiger charge is 2.18. The molecule has 1 amide bonds. The van der Waals surface area contributed by atoms with Crippen LogP contribution in [0.15, 0.2) is 18.5 Å². The van der Waals surface area contributed by atoms with E-state index < -0.39 is 0 Å². The summed E-state index contributed by atoms with van der Waals surface area (Å²) in [6.45, 7) is 7.61. The van der Waals surface area contributed by atoms with Crippen molar-refractivity contribution in [2.45, 2.75) is 25.5 Å². The summed E-state index contributed by atoms with van der Waals surface area (Å²) >= 11 is 1.74. The number of hydrogen-bond acceptors (Lipinski definition) is 4. The molecule has 1 aromatic heterocycles. The lowest BCUT2D eigenvalue weighted by atomic mass is 10.1. The lowest BCUT2D eigenvalue weighted by Crippen LogP contribution is -2.36. The van der Waals surface area contributed by atoms with Crippen molar-refractivity contribution >= 4 is 23.4 Å². The summed E-state index contributed by atoms with van der Waals surface area (Å²) in [6.07, 6.45) is 5.36. The van der Waals surface area contributed by atoms with Gasteiger partial charge in [-0.15, -0.1) is 0 Å². The minimum absolute atomic E-state index is 0.0427. The van der Waals surface area contributed by atoms with Crippen LogP contribution in [-0.2, 0) is 0 Å². The number of pyridine rings is 1. The Bertz CT molecular complexity index is 407. The number of aromatic nitrogens is 1. The van der Waals surface area contributed by atoms with Gasteiger partial charge in [0.2, 0.25) is 0 Å². The van der Waals surface area contributed by atoms with Crippen LogP contribution in [0.5, 0.6) is 0 Å². The zero-order valence-corrected chi connectivity index (χ0v) is 12.2. The fourth-order valence-electron chi connectivity index (χ4n) is 1.38. The van der Waals surface area contributed by atoms with Crippen molar-refractivity contribution < 1.29 is 4.79 Å².